The fourth-order valence-electron chi connectivity index (χ4n) is 2.51. The Hall–Kier alpha value is -2.34. The van der Waals surface area contributed by atoms with Crippen LogP contribution >= 0.6 is 0 Å². The third-order valence-corrected chi connectivity index (χ3v) is 3.77. The number of likely N-dealkylation sites (N-methyl/N-ethyl adjacent to an activating group) is 1. The van der Waals surface area contributed by atoms with E-state index in [1.54, 1.807) is 0 Å². The molecule has 6 nitrogen and oxygen atoms in total. The summed E-state index contributed by atoms with van der Waals surface area (Å²) in [5.41, 5.74) is 3.33. The molecule has 1 aromatic carbocycles. The first-order valence-electron chi connectivity index (χ1n) is 7.36. The van der Waals surface area contributed by atoms with E-state index in [1.165, 1.54) is 0 Å². The summed E-state index contributed by atoms with van der Waals surface area (Å²) in [4.78, 5) is 14.2. The fourth-order valence-corrected chi connectivity index (χ4v) is 2.51. The number of hydrogen-bond acceptors (Lipinski definition) is 4. The molecule has 1 aliphatic heterocycles. The van der Waals surface area contributed by atoms with Gasteiger partial charge in [0.1, 0.15) is 5.75 Å². The summed E-state index contributed by atoms with van der Waals surface area (Å²) in [6.45, 7) is 3.78. The van der Waals surface area contributed by atoms with Crippen molar-refractivity contribution >= 4 is 11.7 Å². The van der Waals surface area contributed by atoms with E-state index in [-0.39, 0.29) is 12.5 Å². The zero-order valence-electron chi connectivity index (χ0n) is 12.8. The summed E-state index contributed by atoms with van der Waals surface area (Å²) in [5.74, 6) is 1.11. The van der Waals surface area contributed by atoms with Gasteiger partial charge >= 0.3 is 0 Å². The number of ether oxygens (including phenoxy) is 1. The van der Waals surface area contributed by atoms with Gasteiger partial charge in [0, 0.05) is 18.7 Å². The summed E-state index contributed by atoms with van der Waals surface area (Å²) in [7, 11) is 2.07. The number of hydrogen-bond donors (Lipinski definition) is 2. The smallest absolute Gasteiger partial charge is 0.263 e. The molecule has 2 aromatic rings. The van der Waals surface area contributed by atoms with Gasteiger partial charge in [-0.05, 0) is 32.5 Å². The van der Waals surface area contributed by atoms with Gasteiger partial charge < -0.3 is 15.0 Å². The Morgan fingerprint density at radius 3 is 2.95 bits per heavy atom. The van der Waals surface area contributed by atoms with Crippen molar-refractivity contribution in [2.45, 2.75) is 19.9 Å². The molecule has 0 saturated carbocycles. The molecule has 1 amide bonds. The number of benzene rings is 1. The molecular formula is C16H20N4O2. The highest BCUT2D eigenvalue weighted by Gasteiger charge is 2.20. The van der Waals surface area contributed by atoms with Crippen molar-refractivity contribution in [1.82, 2.24) is 15.1 Å². The average Bonchev–Trinajstić information content (AvgIpc) is 2.89. The predicted octanol–water partition coefficient (Wildman–Crippen LogP) is 1.72. The van der Waals surface area contributed by atoms with Crippen LogP contribution in [0, 0.1) is 6.92 Å². The fraction of sp³-hybridized carbons (Fsp3) is 0.375. The largest absolute Gasteiger partial charge is 0.484 e. The van der Waals surface area contributed by atoms with E-state index >= 15 is 0 Å². The second kappa shape index (κ2) is 6.19. The van der Waals surface area contributed by atoms with Gasteiger partial charge in [0.2, 0.25) is 0 Å². The van der Waals surface area contributed by atoms with Crippen LogP contribution in [0.15, 0.2) is 24.3 Å². The van der Waals surface area contributed by atoms with Crippen LogP contribution in [-0.2, 0) is 17.8 Å². The van der Waals surface area contributed by atoms with Crippen molar-refractivity contribution in [3.63, 3.8) is 0 Å². The molecule has 1 aliphatic rings. The van der Waals surface area contributed by atoms with Gasteiger partial charge in [-0.1, -0.05) is 17.7 Å². The average molecular weight is 300 g/mol. The lowest BCUT2D eigenvalue weighted by atomic mass is 10.1. The maximum atomic E-state index is 12.0. The number of aromatic amines is 1. The number of nitrogens with zero attached hydrogens (tertiary/aromatic N) is 2. The van der Waals surface area contributed by atoms with Crippen LogP contribution in [0.3, 0.4) is 0 Å². The van der Waals surface area contributed by atoms with Gasteiger partial charge in [0.25, 0.3) is 5.91 Å². The predicted molar refractivity (Wildman–Crippen MR) is 83.9 cm³/mol. The van der Waals surface area contributed by atoms with E-state index in [0.29, 0.717) is 11.6 Å². The van der Waals surface area contributed by atoms with Crippen molar-refractivity contribution < 1.29 is 9.53 Å². The second-order valence-electron chi connectivity index (χ2n) is 5.67. The Labute approximate surface area is 129 Å². The van der Waals surface area contributed by atoms with Gasteiger partial charge in [-0.15, -0.1) is 0 Å². The first-order valence-corrected chi connectivity index (χ1v) is 7.36. The van der Waals surface area contributed by atoms with Gasteiger partial charge in [0.05, 0.1) is 5.69 Å². The van der Waals surface area contributed by atoms with Crippen LogP contribution in [0.4, 0.5) is 5.82 Å². The molecule has 22 heavy (non-hydrogen) atoms. The van der Waals surface area contributed by atoms with Crippen molar-refractivity contribution in [3.05, 3.63) is 41.1 Å². The molecule has 116 valence electrons. The van der Waals surface area contributed by atoms with E-state index in [4.69, 9.17) is 4.74 Å². The van der Waals surface area contributed by atoms with E-state index in [9.17, 15) is 4.79 Å². The standard InChI is InChI=1S/C16H20N4O2/c1-11-3-5-12(6-4-11)22-10-15(21)17-16-13-7-8-20(2)9-14(13)18-19-16/h3-6H,7-10H2,1-2H3,(H2,17,18,19,21). The minimum atomic E-state index is -0.200. The van der Waals surface area contributed by atoms with Gasteiger partial charge in [-0.25, -0.2) is 0 Å². The minimum absolute atomic E-state index is 0.0232. The summed E-state index contributed by atoms with van der Waals surface area (Å²) in [5, 5.41) is 10.0. The van der Waals surface area contributed by atoms with Crippen LogP contribution < -0.4 is 10.1 Å². The zero-order valence-corrected chi connectivity index (χ0v) is 12.8. The lowest BCUT2D eigenvalue weighted by molar-refractivity contribution is -0.118. The molecule has 0 fully saturated rings. The topological polar surface area (TPSA) is 70.2 Å². The van der Waals surface area contributed by atoms with E-state index < -0.39 is 0 Å². The molecule has 2 heterocycles. The van der Waals surface area contributed by atoms with Crippen LogP contribution in [-0.4, -0.2) is 41.2 Å². The molecule has 3 rings (SSSR count). The van der Waals surface area contributed by atoms with E-state index in [1.807, 2.05) is 31.2 Å². The number of nitrogens with one attached hydrogen (secondary N) is 2. The number of carbonyl (C=O) groups excluding carboxylic acids is 1. The van der Waals surface area contributed by atoms with Crippen molar-refractivity contribution in [3.8, 4) is 5.75 Å². The maximum absolute atomic E-state index is 12.0. The van der Waals surface area contributed by atoms with E-state index in [0.717, 1.165) is 36.3 Å². The summed E-state index contributed by atoms with van der Waals surface area (Å²) >= 11 is 0. The molecule has 0 spiro atoms. The molecule has 0 bridgehead atoms. The SMILES string of the molecule is Cc1ccc(OCC(=O)Nc2n[nH]c3c2CCN(C)C3)cc1. The molecule has 2 N–H and O–H groups in total. The Morgan fingerprint density at radius 2 is 2.18 bits per heavy atom. The number of rotatable bonds is 4. The first-order chi connectivity index (χ1) is 10.6. The second-order valence-corrected chi connectivity index (χ2v) is 5.67. The number of aromatic nitrogens is 2. The highest BCUT2D eigenvalue weighted by molar-refractivity contribution is 5.91. The minimum Gasteiger partial charge on any atom is -0.484 e. The highest BCUT2D eigenvalue weighted by Crippen LogP contribution is 2.22. The Morgan fingerprint density at radius 1 is 1.41 bits per heavy atom. The number of amides is 1. The van der Waals surface area contributed by atoms with Crippen LogP contribution in [0.5, 0.6) is 5.75 Å². The molecule has 0 radical (unpaired) electrons. The lowest BCUT2D eigenvalue weighted by Gasteiger charge is -2.21. The van der Waals surface area contributed by atoms with Gasteiger partial charge in [-0.2, -0.15) is 5.10 Å². The molecule has 0 aliphatic carbocycles. The number of aryl methyl sites for hydroxylation is 1. The molecule has 0 unspecified atom stereocenters. The third kappa shape index (κ3) is 3.28. The Balaban J connectivity index is 1.57. The zero-order chi connectivity index (χ0) is 15.5. The summed E-state index contributed by atoms with van der Waals surface area (Å²) in [6.07, 6.45) is 0.886. The monoisotopic (exact) mass is 300 g/mol. The van der Waals surface area contributed by atoms with Gasteiger partial charge in [0.15, 0.2) is 12.4 Å². The molecule has 1 aromatic heterocycles. The Bertz CT molecular complexity index is 663. The molecular weight excluding hydrogens is 280 g/mol. The molecule has 6 heteroatoms. The lowest BCUT2D eigenvalue weighted by Crippen LogP contribution is -2.27. The quantitative estimate of drug-likeness (QED) is 0.902. The Kier molecular flexibility index (Phi) is 4.11. The first kappa shape index (κ1) is 14.6. The van der Waals surface area contributed by atoms with Crippen LogP contribution in [0.1, 0.15) is 16.8 Å². The normalized spacial score (nSPS) is 14.5. The van der Waals surface area contributed by atoms with Crippen LogP contribution in [0.25, 0.3) is 0 Å². The number of H-pyrrole nitrogens is 1. The number of anilines is 1. The van der Waals surface area contributed by atoms with Gasteiger partial charge in [-0.3, -0.25) is 9.89 Å². The van der Waals surface area contributed by atoms with Crippen molar-refractivity contribution in [1.29, 1.82) is 0 Å². The van der Waals surface area contributed by atoms with Crippen molar-refractivity contribution in [2.75, 3.05) is 25.5 Å². The summed E-state index contributed by atoms with van der Waals surface area (Å²) < 4.78 is 5.47. The highest BCUT2D eigenvalue weighted by atomic mass is 16.5. The van der Waals surface area contributed by atoms with Crippen LogP contribution in [0.2, 0.25) is 0 Å². The maximum Gasteiger partial charge on any atom is 0.263 e. The number of fused-ring (bicyclic) bond motifs is 1. The van der Waals surface area contributed by atoms with Crippen molar-refractivity contribution in [2.24, 2.45) is 0 Å². The molecule has 0 atom stereocenters. The molecule has 0 saturated heterocycles. The van der Waals surface area contributed by atoms with E-state index in [2.05, 4.69) is 27.5 Å². The summed E-state index contributed by atoms with van der Waals surface area (Å²) in [6, 6.07) is 7.62. The third-order valence-electron chi connectivity index (χ3n) is 3.77. The number of carbonyl (C=O) groups is 1.